The van der Waals surface area contributed by atoms with Crippen LogP contribution in [0.15, 0.2) is 29.7 Å². The monoisotopic (exact) mass is 369 g/mol. The number of carbonyl (C=O) groups is 1. The molecular formula is C19H23N5OS. The van der Waals surface area contributed by atoms with Crippen LogP contribution in [0.4, 0.5) is 0 Å². The predicted octanol–water partition coefficient (Wildman–Crippen LogP) is 3.32. The summed E-state index contributed by atoms with van der Waals surface area (Å²) in [5, 5.41) is 21.2. The Morgan fingerprint density at radius 2 is 2.12 bits per heavy atom. The molecule has 7 heteroatoms. The number of carbonyl (C=O) groups excluding carboxylic acids is 1. The van der Waals surface area contributed by atoms with Gasteiger partial charge in [0.2, 0.25) is 5.91 Å². The lowest BCUT2D eigenvalue weighted by molar-refractivity contribution is -0.120. The molecule has 1 aromatic heterocycles. The van der Waals surface area contributed by atoms with Crippen molar-refractivity contribution in [3.05, 3.63) is 35.7 Å². The maximum Gasteiger partial charge on any atom is 0.231 e. The highest BCUT2D eigenvalue weighted by molar-refractivity contribution is 7.99. The maximum atomic E-state index is 12.4. The van der Waals surface area contributed by atoms with Gasteiger partial charge < -0.3 is 5.32 Å². The van der Waals surface area contributed by atoms with Crippen LogP contribution in [0.1, 0.15) is 43.2 Å². The second kappa shape index (κ2) is 7.92. The second-order valence-electron chi connectivity index (χ2n) is 6.86. The third-order valence-corrected chi connectivity index (χ3v) is 5.70. The van der Waals surface area contributed by atoms with E-state index in [0.29, 0.717) is 5.16 Å². The zero-order valence-corrected chi connectivity index (χ0v) is 16.0. The molecule has 1 aromatic carbocycles. The van der Waals surface area contributed by atoms with Crippen molar-refractivity contribution in [1.82, 2.24) is 20.1 Å². The third-order valence-electron chi connectivity index (χ3n) is 4.76. The van der Waals surface area contributed by atoms with Gasteiger partial charge in [0.1, 0.15) is 11.9 Å². The number of hydrogen-bond acceptors (Lipinski definition) is 5. The van der Waals surface area contributed by atoms with Gasteiger partial charge in [0.05, 0.1) is 17.5 Å². The van der Waals surface area contributed by atoms with Crippen LogP contribution in [0.2, 0.25) is 0 Å². The van der Waals surface area contributed by atoms with Crippen molar-refractivity contribution in [2.45, 2.75) is 56.6 Å². The summed E-state index contributed by atoms with van der Waals surface area (Å²) >= 11 is 1.34. The Bertz CT molecular complexity index is 833. The van der Waals surface area contributed by atoms with E-state index in [9.17, 15) is 10.1 Å². The molecule has 1 fully saturated rings. The predicted molar refractivity (Wildman–Crippen MR) is 101 cm³/mol. The van der Waals surface area contributed by atoms with Crippen molar-refractivity contribution in [2.24, 2.45) is 0 Å². The molecule has 0 spiro atoms. The number of rotatable bonds is 5. The van der Waals surface area contributed by atoms with E-state index in [4.69, 9.17) is 0 Å². The van der Waals surface area contributed by atoms with Crippen LogP contribution in [-0.4, -0.2) is 32.0 Å². The zero-order chi connectivity index (χ0) is 18.6. The first-order valence-corrected chi connectivity index (χ1v) is 9.84. The van der Waals surface area contributed by atoms with E-state index in [1.807, 2.05) is 23.6 Å². The first-order chi connectivity index (χ1) is 12.5. The number of nitriles is 1. The summed E-state index contributed by atoms with van der Waals surface area (Å²) in [6, 6.07) is 8.50. The molecule has 2 aromatic rings. The lowest BCUT2D eigenvalue weighted by atomic mass is 9.83. The summed E-state index contributed by atoms with van der Waals surface area (Å²) in [5.41, 5.74) is 2.63. The van der Waals surface area contributed by atoms with Crippen molar-refractivity contribution >= 4 is 17.7 Å². The van der Waals surface area contributed by atoms with Gasteiger partial charge in [-0.3, -0.25) is 9.36 Å². The van der Waals surface area contributed by atoms with Gasteiger partial charge in [-0.2, -0.15) is 5.26 Å². The molecule has 136 valence electrons. The van der Waals surface area contributed by atoms with Gasteiger partial charge in [-0.1, -0.05) is 48.7 Å². The Morgan fingerprint density at radius 1 is 1.35 bits per heavy atom. The molecule has 1 saturated carbocycles. The Balaban J connectivity index is 1.66. The standard InChI is InChI=1S/C19H23N5OS/c1-14-6-7-16(15(2)10-14)24-13-21-23-18(24)26-11-17(25)22-19(12-20)8-4-3-5-9-19/h6-7,10,13H,3-5,8-9,11H2,1-2H3,(H,22,25). The van der Waals surface area contributed by atoms with Crippen LogP contribution in [-0.2, 0) is 4.79 Å². The van der Waals surface area contributed by atoms with Crippen molar-refractivity contribution in [2.75, 3.05) is 5.75 Å². The fourth-order valence-corrected chi connectivity index (χ4v) is 4.14. The Hall–Kier alpha value is -2.33. The molecule has 3 rings (SSSR count). The summed E-state index contributed by atoms with van der Waals surface area (Å²) in [4.78, 5) is 12.4. The third kappa shape index (κ3) is 4.07. The fourth-order valence-electron chi connectivity index (χ4n) is 3.42. The minimum absolute atomic E-state index is 0.131. The number of nitrogens with zero attached hydrogens (tertiary/aromatic N) is 4. The van der Waals surface area contributed by atoms with Crippen LogP contribution in [0.5, 0.6) is 0 Å². The summed E-state index contributed by atoms with van der Waals surface area (Å²) in [5.74, 6) is 0.0844. The molecule has 1 amide bonds. The van der Waals surface area contributed by atoms with E-state index >= 15 is 0 Å². The smallest absolute Gasteiger partial charge is 0.231 e. The highest BCUT2D eigenvalue weighted by Crippen LogP contribution is 2.28. The number of nitrogens with one attached hydrogen (secondary N) is 1. The van der Waals surface area contributed by atoms with Crippen molar-refractivity contribution < 1.29 is 4.79 Å². The first kappa shape index (κ1) is 18.5. The minimum atomic E-state index is -0.697. The summed E-state index contributed by atoms with van der Waals surface area (Å²) in [6.07, 6.45) is 6.24. The average Bonchev–Trinajstić information content (AvgIpc) is 3.09. The van der Waals surface area contributed by atoms with Crippen molar-refractivity contribution in [1.29, 1.82) is 5.26 Å². The van der Waals surface area contributed by atoms with Gasteiger partial charge in [-0.25, -0.2) is 0 Å². The van der Waals surface area contributed by atoms with Crippen LogP contribution < -0.4 is 5.32 Å². The summed E-state index contributed by atoms with van der Waals surface area (Å²) in [6.45, 7) is 4.10. The number of benzene rings is 1. The molecule has 0 saturated heterocycles. The van der Waals surface area contributed by atoms with Gasteiger partial charge >= 0.3 is 0 Å². The molecule has 6 nitrogen and oxygen atoms in total. The van der Waals surface area contributed by atoms with E-state index in [1.165, 1.54) is 17.3 Å². The first-order valence-electron chi connectivity index (χ1n) is 8.86. The normalized spacial score (nSPS) is 16.0. The molecule has 0 atom stereocenters. The Morgan fingerprint density at radius 3 is 2.81 bits per heavy atom. The average molecular weight is 369 g/mol. The maximum absolute atomic E-state index is 12.4. The second-order valence-corrected chi connectivity index (χ2v) is 7.81. The van der Waals surface area contributed by atoms with Crippen LogP contribution in [0, 0.1) is 25.2 Å². The number of hydrogen-bond donors (Lipinski definition) is 1. The van der Waals surface area contributed by atoms with Gasteiger partial charge in [0.25, 0.3) is 0 Å². The molecule has 0 bridgehead atoms. The highest BCUT2D eigenvalue weighted by atomic mass is 32.2. The van der Waals surface area contributed by atoms with Gasteiger partial charge in [0.15, 0.2) is 5.16 Å². The fraction of sp³-hybridized carbons (Fsp3) is 0.474. The van der Waals surface area contributed by atoms with Crippen LogP contribution >= 0.6 is 11.8 Å². The summed E-state index contributed by atoms with van der Waals surface area (Å²) < 4.78 is 1.90. The summed E-state index contributed by atoms with van der Waals surface area (Å²) in [7, 11) is 0. The molecule has 26 heavy (non-hydrogen) atoms. The molecule has 1 aliphatic carbocycles. The molecule has 1 aliphatic rings. The molecule has 0 aliphatic heterocycles. The van der Waals surface area contributed by atoms with Gasteiger partial charge in [-0.05, 0) is 38.3 Å². The van der Waals surface area contributed by atoms with Gasteiger partial charge in [-0.15, -0.1) is 10.2 Å². The zero-order valence-electron chi connectivity index (χ0n) is 15.2. The quantitative estimate of drug-likeness (QED) is 0.818. The van der Waals surface area contributed by atoms with Crippen LogP contribution in [0.25, 0.3) is 5.69 Å². The van der Waals surface area contributed by atoms with Crippen molar-refractivity contribution in [3.8, 4) is 11.8 Å². The molecule has 0 unspecified atom stereocenters. The lowest BCUT2D eigenvalue weighted by Crippen LogP contribution is -2.49. The van der Waals surface area contributed by atoms with E-state index in [2.05, 4.69) is 34.6 Å². The van der Waals surface area contributed by atoms with Crippen LogP contribution in [0.3, 0.4) is 0 Å². The number of amides is 1. The van der Waals surface area contributed by atoms with E-state index in [1.54, 1.807) is 6.33 Å². The van der Waals surface area contributed by atoms with E-state index < -0.39 is 5.54 Å². The minimum Gasteiger partial charge on any atom is -0.337 e. The van der Waals surface area contributed by atoms with E-state index in [0.717, 1.165) is 43.4 Å². The number of aromatic nitrogens is 3. The van der Waals surface area contributed by atoms with E-state index in [-0.39, 0.29) is 11.7 Å². The lowest BCUT2D eigenvalue weighted by Gasteiger charge is -2.31. The SMILES string of the molecule is Cc1ccc(-n2cnnc2SCC(=O)NC2(C#N)CCCCC2)c(C)c1. The number of thioether (sulfide) groups is 1. The molecule has 1 heterocycles. The topological polar surface area (TPSA) is 83.6 Å². The molecule has 0 radical (unpaired) electrons. The molecular weight excluding hydrogens is 346 g/mol. The largest absolute Gasteiger partial charge is 0.337 e. The Kier molecular flexibility index (Phi) is 5.62. The Labute approximate surface area is 158 Å². The number of aryl methyl sites for hydroxylation is 2. The molecule has 1 N–H and O–H groups in total. The van der Waals surface area contributed by atoms with Crippen molar-refractivity contribution in [3.63, 3.8) is 0 Å². The highest BCUT2D eigenvalue weighted by Gasteiger charge is 2.33. The van der Waals surface area contributed by atoms with Gasteiger partial charge in [0, 0.05) is 0 Å².